The minimum Gasteiger partial charge on any atom is -0.354 e. The van der Waals surface area contributed by atoms with Crippen LogP contribution in [0.1, 0.15) is 41.3 Å². The molecule has 1 heterocycles. The molecule has 1 unspecified atom stereocenters. The average molecular weight is 599 g/mol. The van der Waals surface area contributed by atoms with Crippen molar-refractivity contribution in [2.75, 3.05) is 18.0 Å². The molecular weight excluding hydrogens is 566 g/mol. The van der Waals surface area contributed by atoms with Crippen molar-refractivity contribution in [3.63, 3.8) is 0 Å². The van der Waals surface area contributed by atoms with Gasteiger partial charge in [0.05, 0.1) is 5.69 Å². The standard InChI is InChI=1S/C33H32BrN3O3/c1-2-3-19-35-32(39)29(20-23-9-5-4-6-10-23)36(21-24-15-17-26(34)18-16-24)30(38)22-37-28-14-8-12-25-11-7-13-27(31(25)28)33(37)40/h4-18,29H,2-3,19-22H2,1H3,(H,35,39). The summed E-state index contributed by atoms with van der Waals surface area (Å²) in [7, 11) is 0. The lowest BCUT2D eigenvalue weighted by Crippen LogP contribution is -2.53. The molecule has 3 amide bonds. The summed E-state index contributed by atoms with van der Waals surface area (Å²) in [6.45, 7) is 2.70. The van der Waals surface area contributed by atoms with E-state index in [9.17, 15) is 14.4 Å². The third kappa shape index (κ3) is 5.94. The van der Waals surface area contributed by atoms with Crippen LogP contribution in [0.15, 0.2) is 95.5 Å². The number of rotatable bonds is 11. The fourth-order valence-electron chi connectivity index (χ4n) is 5.21. The third-order valence-electron chi connectivity index (χ3n) is 7.31. The summed E-state index contributed by atoms with van der Waals surface area (Å²) < 4.78 is 0.931. The summed E-state index contributed by atoms with van der Waals surface area (Å²) in [6.07, 6.45) is 2.17. The fraction of sp³-hybridized carbons (Fsp3) is 0.242. The van der Waals surface area contributed by atoms with Crippen LogP contribution in [-0.2, 0) is 22.6 Å². The second-order valence-corrected chi connectivity index (χ2v) is 11.0. The Morgan fingerprint density at radius 2 is 1.62 bits per heavy atom. The van der Waals surface area contributed by atoms with Gasteiger partial charge in [0.15, 0.2) is 0 Å². The van der Waals surface area contributed by atoms with Gasteiger partial charge in [0.1, 0.15) is 12.6 Å². The molecule has 6 nitrogen and oxygen atoms in total. The van der Waals surface area contributed by atoms with E-state index >= 15 is 0 Å². The minimum atomic E-state index is -0.744. The lowest BCUT2D eigenvalue weighted by molar-refractivity contribution is -0.140. The van der Waals surface area contributed by atoms with Gasteiger partial charge in [-0.25, -0.2) is 0 Å². The van der Waals surface area contributed by atoms with Crippen LogP contribution in [0.3, 0.4) is 0 Å². The van der Waals surface area contributed by atoms with Gasteiger partial charge in [0, 0.05) is 34.9 Å². The summed E-state index contributed by atoms with van der Waals surface area (Å²) in [4.78, 5) is 44.5. The maximum Gasteiger partial charge on any atom is 0.259 e. The second-order valence-electron chi connectivity index (χ2n) is 10.1. The van der Waals surface area contributed by atoms with E-state index in [4.69, 9.17) is 0 Å². The number of hydrogen-bond acceptors (Lipinski definition) is 3. The highest BCUT2D eigenvalue weighted by Crippen LogP contribution is 2.37. The number of nitrogens with one attached hydrogen (secondary N) is 1. The van der Waals surface area contributed by atoms with Crippen LogP contribution in [0, 0.1) is 0 Å². The molecule has 1 N–H and O–H groups in total. The molecule has 1 atom stereocenters. The van der Waals surface area contributed by atoms with E-state index in [1.54, 1.807) is 15.9 Å². The molecular formula is C33H32BrN3O3. The zero-order valence-corrected chi connectivity index (χ0v) is 24.1. The molecule has 7 heteroatoms. The minimum absolute atomic E-state index is 0.156. The summed E-state index contributed by atoms with van der Waals surface area (Å²) in [5, 5.41) is 4.87. The van der Waals surface area contributed by atoms with Gasteiger partial charge < -0.3 is 10.2 Å². The number of carbonyl (C=O) groups is 3. The Hall–Kier alpha value is -3.97. The quantitative estimate of drug-likeness (QED) is 0.212. The molecule has 4 aromatic carbocycles. The molecule has 0 saturated carbocycles. The van der Waals surface area contributed by atoms with E-state index in [2.05, 4.69) is 28.2 Å². The number of halogens is 1. The molecule has 40 heavy (non-hydrogen) atoms. The smallest absolute Gasteiger partial charge is 0.259 e. The highest BCUT2D eigenvalue weighted by atomic mass is 79.9. The average Bonchev–Trinajstić information content (AvgIpc) is 3.24. The zero-order valence-electron chi connectivity index (χ0n) is 22.5. The normalized spacial score (nSPS) is 12.9. The van der Waals surface area contributed by atoms with Crippen molar-refractivity contribution in [1.82, 2.24) is 10.2 Å². The van der Waals surface area contributed by atoms with Crippen molar-refractivity contribution in [3.8, 4) is 0 Å². The van der Waals surface area contributed by atoms with Gasteiger partial charge in [-0.3, -0.25) is 19.3 Å². The molecule has 0 fully saturated rings. The summed E-state index contributed by atoms with van der Waals surface area (Å²) in [6, 6.07) is 28.1. The number of benzene rings is 4. The summed E-state index contributed by atoms with van der Waals surface area (Å²) >= 11 is 3.48. The second kappa shape index (κ2) is 12.5. The van der Waals surface area contributed by atoms with Crippen LogP contribution in [0.2, 0.25) is 0 Å². The van der Waals surface area contributed by atoms with E-state index in [1.165, 1.54) is 0 Å². The predicted octanol–water partition coefficient (Wildman–Crippen LogP) is 6.12. The molecule has 204 valence electrons. The molecule has 0 spiro atoms. The largest absolute Gasteiger partial charge is 0.354 e. The monoisotopic (exact) mass is 597 g/mol. The van der Waals surface area contributed by atoms with Crippen LogP contribution < -0.4 is 10.2 Å². The number of nitrogens with zero attached hydrogens (tertiary/aromatic N) is 2. The number of amides is 3. The number of unbranched alkanes of at least 4 members (excludes halogenated alkanes) is 1. The lowest BCUT2D eigenvalue weighted by Gasteiger charge is -2.33. The Bertz CT molecular complexity index is 1520. The summed E-state index contributed by atoms with van der Waals surface area (Å²) in [5.74, 6) is -0.677. The van der Waals surface area contributed by atoms with Crippen molar-refractivity contribution in [1.29, 1.82) is 0 Å². The Morgan fingerprint density at radius 3 is 2.35 bits per heavy atom. The molecule has 1 aliphatic heterocycles. The first-order valence-electron chi connectivity index (χ1n) is 13.7. The van der Waals surface area contributed by atoms with Crippen molar-refractivity contribution >= 4 is 50.1 Å². The van der Waals surface area contributed by atoms with Gasteiger partial charge in [-0.15, -0.1) is 0 Å². The predicted molar refractivity (Wildman–Crippen MR) is 162 cm³/mol. The first-order chi connectivity index (χ1) is 19.5. The van der Waals surface area contributed by atoms with E-state index in [1.807, 2.05) is 84.9 Å². The molecule has 0 bridgehead atoms. The zero-order chi connectivity index (χ0) is 28.1. The van der Waals surface area contributed by atoms with E-state index < -0.39 is 6.04 Å². The SMILES string of the molecule is CCCCNC(=O)C(Cc1ccccc1)N(Cc1ccc(Br)cc1)C(=O)CN1C(=O)c2cccc3cccc1c23. The molecule has 0 saturated heterocycles. The Balaban J connectivity index is 1.49. The Morgan fingerprint density at radius 1 is 0.900 bits per heavy atom. The molecule has 0 aromatic heterocycles. The van der Waals surface area contributed by atoms with Gasteiger partial charge in [-0.05, 0) is 47.2 Å². The van der Waals surface area contributed by atoms with Crippen molar-refractivity contribution in [3.05, 3.63) is 112 Å². The number of carbonyl (C=O) groups excluding carboxylic acids is 3. The van der Waals surface area contributed by atoms with Crippen LogP contribution in [-0.4, -0.2) is 41.8 Å². The van der Waals surface area contributed by atoms with Crippen LogP contribution in [0.25, 0.3) is 10.8 Å². The molecule has 5 rings (SSSR count). The van der Waals surface area contributed by atoms with E-state index in [-0.39, 0.29) is 30.8 Å². The lowest BCUT2D eigenvalue weighted by atomic mass is 10.0. The first-order valence-corrected chi connectivity index (χ1v) is 14.4. The van der Waals surface area contributed by atoms with Gasteiger partial charge in [-0.2, -0.15) is 0 Å². The highest BCUT2D eigenvalue weighted by Gasteiger charge is 2.35. The van der Waals surface area contributed by atoms with Gasteiger partial charge in [0.25, 0.3) is 5.91 Å². The van der Waals surface area contributed by atoms with E-state index in [0.29, 0.717) is 18.5 Å². The van der Waals surface area contributed by atoms with Crippen molar-refractivity contribution in [2.24, 2.45) is 0 Å². The Kier molecular flexibility index (Phi) is 8.60. The van der Waals surface area contributed by atoms with Gasteiger partial charge in [-0.1, -0.05) is 96.0 Å². The number of anilines is 1. The van der Waals surface area contributed by atoms with E-state index in [0.717, 1.165) is 44.9 Å². The summed E-state index contributed by atoms with van der Waals surface area (Å²) in [5.41, 5.74) is 3.18. The highest BCUT2D eigenvalue weighted by molar-refractivity contribution is 9.10. The third-order valence-corrected chi connectivity index (χ3v) is 7.84. The number of hydrogen-bond donors (Lipinski definition) is 1. The van der Waals surface area contributed by atoms with Crippen LogP contribution in [0.5, 0.6) is 0 Å². The van der Waals surface area contributed by atoms with Crippen molar-refractivity contribution in [2.45, 2.75) is 38.8 Å². The molecule has 4 aromatic rings. The van der Waals surface area contributed by atoms with Gasteiger partial charge in [0.2, 0.25) is 11.8 Å². The van der Waals surface area contributed by atoms with Gasteiger partial charge >= 0.3 is 0 Å². The molecule has 0 aliphatic carbocycles. The topological polar surface area (TPSA) is 69.7 Å². The first kappa shape index (κ1) is 27.6. The molecule has 0 radical (unpaired) electrons. The fourth-order valence-corrected chi connectivity index (χ4v) is 5.47. The van der Waals surface area contributed by atoms with Crippen LogP contribution >= 0.6 is 15.9 Å². The molecule has 1 aliphatic rings. The van der Waals surface area contributed by atoms with Crippen LogP contribution in [0.4, 0.5) is 5.69 Å². The maximum atomic E-state index is 14.2. The maximum absolute atomic E-state index is 14.2. The van der Waals surface area contributed by atoms with Crippen molar-refractivity contribution < 1.29 is 14.4 Å². The Labute approximate surface area is 243 Å².